The van der Waals surface area contributed by atoms with Crippen LogP contribution in [0.5, 0.6) is 0 Å². The summed E-state index contributed by atoms with van der Waals surface area (Å²) in [4.78, 5) is 19.6. The molecule has 2 rings (SSSR count). The first-order chi connectivity index (χ1) is 9.29. The van der Waals surface area contributed by atoms with E-state index in [1.165, 1.54) is 18.7 Å². The standard InChI is InChI=1S/C14H11N3O2/c18-6-2-4-11-3-1-5-12(7-11)14(19)17-13-8-15-10-16-9-13/h1,3,5,7-10,18H,6H2,(H,17,19). The van der Waals surface area contributed by atoms with Crippen LogP contribution in [0.2, 0.25) is 0 Å². The number of nitrogens with one attached hydrogen (secondary N) is 1. The molecular weight excluding hydrogens is 242 g/mol. The fraction of sp³-hybridized carbons (Fsp3) is 0.0714. The van der Waals surface area contributed by atoms with Gasteiger partial charge in [-0.05, 0) is 18.2 Å². The van der Waals surface area contributed by atoms with Gasteiger partial charge in [0.15, 0.2) is 0 Å². The van der Waals surface area contributed by atoms with E-state index >= 15 is 0 Å². The molecule has 5 nitrogen and oxygen atoms in total. The zero-order valence-electron chi connectivity index (χ0n) is 10.00. The summed E-state index contributed by atoms with van der Waals surface area (Å²) in [6.45, 7) is -0.211. The third-order valence-corrected chi connectivity index (χ3v) is 2.25. The SMILES string of the molecule is O=C(Nc1cncnc1)c1cccc(C#CCO)c1. The number of hydrogen-bond donors (Lipinski definition) is 2. The van der Waals surface area contributed by atoms with Gasteiger partial charge < -0.3 is 10.4 Å². The van der Waals surface area contributed by atoms with E-state index < -0.39 is 0 Å². The molecule has 0 fully saturated rings. The molecule has 1 aromatic carbocycles. The number of rotatable bonds is 2. The van der Waals surface area contributed by atoms with Crippen molar-refractivity contribution in [2.75, 3.05) is 11.9 Å². The lowest BCUT2D eigenvalue weighted by molar-refractivity contribution is 0.102. The maximum atomic E-state index is 12.0. The molecule has 0 unspecified atom stereocenters. The van der Waals surface area contributed by atoms with Crippen LogP contribution in [0, 0.1) is 11.8 Å². The second-order valence-electron chi connectivity index (χ2n) is 3.62. The second-order valence-corrected chi connectivity index (χ2v) is 3.62. The Morgan fingerprint density at radius 1 is 1.32 bits per heavy atom. The number of carbonyl (C=O) groups is 1. The van der Waals surface area contributed by atoms with Crippen LogP contribution in [0.3, 0.4) is 0 Å². The Hall–Kier alpha value is -2.71. The smallest absolute Gasteiger partial charge is 0.255 e. The molecule has 0 bridgehead atoms. The van der Waals surface area contributed by atoms with E-state index in [9.17, 15) is 4.79 Å². The molecule has 1 heterocycles. The van der Waals surface area contributed by atoms with E-state index in [4.69, 9.17) is 5.11 Å². The third kappa shape index (κ3) is 3.63. The van der Waals surface area contributed by atoms with Crippen LogP contribution in [0.4, 0.5) is 5.69 Å². The Labute approximate surface area is 110 Å². The largest absolute Gasteiger partial charge is 0.384 e. The van der Waals surface area contributed by atoms with Crippen LogP contribution >= 0.6 is 0 Å². The normalized spacial score (nSPS) is 9.32. The topological polar surface area (TPSA) is 75.1 Å². The van der Waals surface area contributed by atoms with Crippen molar-refractivity contribution in [1.82, 2.24) is 9.97 Å². The lowest BCUT2D eigenvalue weighted by Gasteiger charge is -2.04. The molecule has 0 saturated carbocycles. The molecule has 2 N–H and O–H groups in total. The minimum absolute atomic E-state index is 0.211. The number of carbonyl (C=O) groups excluding carboxylic acids is 1. The first-order valence-electron chi connectivity index (χ1n) is 5.56. The first kappa shape index (κ1) is 12.7. The van der Waals surface area contributed by atoms with Crippen LogP contribution in [-0.2, 0) is 0 Å². The molecule has 0 spiro atoms. The molecule has 0 aliphatic rings. The van der Waals surface area contributed by atoms with Crippen LogP contribution in [0.25, 0.3) is 0 Å². The number of nitrogens with zero attached hydrogens (tertiary/aromatic N) is 2. The molecule has 0 radical (unpaired) electrons. The highest BCUT2D eigenvalue weighted by atomic mass is 16.2. The van der Waals surface area contributed by atoms with Crippen LogP contribution in [-0.4, -0.2) is 27.6 Å². The fourth-order valence-corrected chi connectivity index (χ4v) is 1.45. The Morgan fingerprint density at radius 3 is 2.84 bits per heavy atom. The summed E-state index contributed by atoms with van der Waals surface area (Å²) in [5.41, 5.74) is 1.68. The minimum atomic E-state index is -0.262. The van der Waals surface area contributed by atoms with E-state index in [1.807, 2.05) is 0 Å². The van der Waals surface area contributed by atoms with Gasteiger partial charge in [-0.3, -0.25) is 4.79 Å². The average molecular weight is 253 g/mol. The zero-order valence-corrected chi connectivity index (χ0v) is 10.00. The molecule has 1 amide bonds. The Bertz CT molecular complexity index is 630. The molecule has 0 saturated heterocycles. The van der Waals surface area contributed by atoms with E-state index in [-0.39, 0.29) is 12.5 Å². The van der Waals surface area contributed by atoms with Gasteiger partial charge in [-0.1, -0.05) is 17.9 Å². The van der Waals surface area contributed by atoms with Crippen LogP contribution in [0.15, 0.2) is 43.0 Å². The van der Waals surface area contributed by atoms with Gasteiger partial charge in [0, 0.05) is 11.1 Å². The number of aliphatic hydroxyl groups is 1. The number of amides is 1. The second kappa shape index (κ2) is 6.28. The van der Waals surface area contributed by atoms with Gasteiger partial charge in [-0.2, -0.15) is 0 Å². The molecule has 94 valence electrons. The van der Waals surface area contributed by atoms with Gasteiger partial charge in [0.25, 0.3) is 5.91 Å². The highest BCUT2D eigenvalue weighted by Crippen LogP contribution is 2.08. The fourth-order valence-electron chi connectivity index (χ4n) is 1.45. The van der Waals surface area contributed by atoms with Crippen molar-refractivity contribution >= 4 is 11.6 Å². The monoisotopic (exact) mass is 253 g/mol. The molecule has 19 heavy (non-hydrogen) atoms. The zero-order chi connectivity index (χ0) is 13.5. The summed E-state index contributed by atoms with van der Waals surface area (Å²) in [6, 6.07) is 6.84. The van der Waals surface area contributed by atoms with Crippen molar-refractivity contribution in [2.24, 2.45) is 0 Å². The number of aromatic nitrogens is 2. The lowest BCUT2D eigenvalue weighted by atomic mass is 10.1. The minimum Gasteiger partial charge on any atom is -0.384 e. The number of benzene rings is 1. The number of aliphatic hydroxyl groups excluding tert-OH is 1. The highest BCUT2D eigenvalue weighted by molar-refractivity contribution is 6.04. The third-order valence-electron chi connectivity index (χ3n) is 2.25. The Balaban J connectivity index is 2.15. The van der Waals surface area contributed by atoms with Gasteiger partial charge in [0.1, 0.15) is 12.9 Å². The highest BCUT2D eigenvalue weighted by Gasteiger charge is 2.06. The summed E-state index contributed by atoms with van der Waals surface area (Å²) >= 11 is 0. The van der Waals surface area contributed by atoms with Crippen molar-refractivity contribution in [3.8, 4) is 11.8 Å². The van der Waals surface area contributed by atoms with E-state index in [1.54, 1.807) is 24.3 Å². The molecule has 2 aromatic rings. The number of anilines is 1. The summed E-state index contributed by atoms with van der Waals surface area (Å²) in [5.74, 6) is 5.02. The molecule has 0 atom stereocenters. The summed E-state index contributed by atoms with van der Waals surface area (Å²) < 4.78 is 0. The van der Waals surface area contributed by atoms with E-state index in [2.05, 4.69) is 27.1 Å². The van der Waals surface area contributed by atoms with Crippen molar-refractivity contribution in [3.05, 3.63) is 54.1 Å². The van der Waals surface area contributed by atoms with Crippen molar-refractivity contribution in [2.45, 2.75) is 0 Å². The van der Waals surface area contributed by atoms with E-state index in [0.29, 0.717) is 16.8 Å². The summed E-state index contributed by atoms with van der Waals surface area (Å²) in [6.07, 6.45) is 4.42. The van der Waals surface area contributed by atoms with Gasteiger partial charge in [-0.25, -0.2) is 9.97 Å². The van der Waals surface area contributed by atoms with Gasteiger partial charge >= 0.3 is 0 Å². The van der Waals surface area contributed by atoms with Crippen molar-refractivity contribution < 1.29 is 9.90 Å². The Morgan fingerprint density at radius 2 is 2.11 bits per heavy atom. The molecular formula is C14H11N3O2. The average Bonchev–Trinajstić information content (AvgIpc) is 2.46. The van der Waals surface area contributed by atoms with E-state index in [0.717, 1.165) is 0 Å². The summed E-state index contributed by atoms with van der Waals surface area (Å²) in [7, 11) is 0. The summed E-state index contributed by atoms with van der Waals surface area (Å²) in [5, 5.41) is 11.3. The predicted molar refractivity (Wildman–Crippen MR) is 70.4 cm³/mol. The molecule has 1 aromatic heterocycles. The van der Waals surface area contributed by atoms with Gasteiger partial charge in [0.05, 0.1) is 18.1 Å². The molecule has 5 heteroatoms. The van der Waals surface area contributed by atoms with Crippen molar-refractivity contribution in [3.63, 3.8) is 0 Å². The Kier molecular flexibility index (Phi) is 4.21. The first-order valence-corrected chi connectivity index (χ1v) is 5.56. The number of hydrogen-bond acceptors (Lipinski definition) is 4. The maximum Gasteiger partial charge on any atom is 0.255 e. The van der Waals surface area contributed by atoms with Gasteiger partial charge in [-0.15, -0.1) is 0 Å². The lowest BCUT2D eigenvalue weighted by Crippen LogP contribution is -2.12. The van der Waals surface area contributed by atoms with Crippen LogP contribution < -0.4 is 5.32 Å². The maximum absolute atomic E-state index is 12.0. The van der Waals surface area contributed by atoms with Crippen molar-refractivity contribution in [1.29, 1.82) is 0 Å². The predicted octanol–water partition coefficient (Wildman–Crippen LogP) is 1.07. The molecule has 0 aliphatic carbocycles. The van der Waals surface area contributed by atoms with Crippen LogP contribution in [0.1, 0.15) is 15.9 Å². The van der Waals surface area contributed by atoms with Gasteiger partial charge in [0.2, 0.25) is 0 Å². The quantitative estimate of drug-likeness (QED) is 0.785. The molecule has 0 aliphatic heterocycles.